The molecule has 0 radical (unpaired) electrons. The molecule has 27 heavy (non-hydrogen) atoms. The summed E-state index contributed by atoms with van der Waals surface area (Å²) in [7, 11) is 0. The molecule has 0 spiro atoms. The summed E-state index contributed by atoms with van der Waals surface area (Å²) in [4.78, 5) is 25.1. The number of hydrogen-bond acceptors (Lipinski definition) is 5. The van der Waals surface area contributed by atoms with E-state index in [0.29, 0.717) is 18.2 Å². The van der Waals surface area contributed by atoms with E-state index in [4.69, 9.17) is 0 Å². The number of rotatable bonds is 8. The second kappa shape index (κ2) is 9.43. The van der Waals surface area contributed by atoms with Crippen molar-refractivity contribution < 1.29 is 4.79 Å². The van der Waals surface area contributed by atoms with E-state index in [9.17, 15) is 4.79 Å². The minimum Gasteiger partial charge on any atom is -0.354 e. The van der Waals surface area contributed by atoms with E-state index in [0.717, 1.165) is 30.6 Å². The van der Waals surface area contributed by atoms with E-state index < -0.39 is 0 Å². The number of pyridine rings is 1. The van der Waals surface area contributed by atoms with Crippen LogP contribution in [0.15, 0.2) is 60.9 Å². The summed E-state index contributed by atoms with van der Waals surface area (Å²) in [6, 6.07) is 15.8. The molecule has 2 aromatic heterocycles. The molecule has 6 heteroatoms. The summed E-state index contributed by atoms with van der Waals surface area (Å²) in [5, 5.41) is 6.09. The van der Waals surface area contributed by atoms with Crippen molar-refractivity contribution in [2.24, 2.45) is 0 Å². The van der Waals surface area contributed by atoms with Crippen molar-refractivity contribution in [2.75, 3.05) is 11.9 Å². The van der Waals surface area contributed by atoms with E-state index in [2.05, 4.69) is 37.7 Å². The van der Waals surface area contributed by atoms with Gasteiger partial charge in [0.1, 0.15) is 5.69 Å². The van der Waals surface area contributed by atoms with Gasteiger partial charge in [-0.3, -0.25) is 9.78 Å². The molecule has 0 atom stereocenters. The van der Waals surface area contributed by atoms with E-state index >= 15 is 0 Å². The Morgan fingerprint density at radius 2 is 1.78 bits per heavy atom. The molecular formula is C21H23N5O. The van der Waals surface area contributed by atoms with Crippen molar-refractivity contribution in [3.8, 4) is 0 Å². The van der Waals surface area contributed by atoms with Crippen LogP contribution in [0.2, 0.25) is 0 Å². The quantitative estimate of drug-likeness (QED) is 0.603. The Morgan fingerprint density at radius 1 is 1.00 bits per heavy atom. The molecule has 6 nitrogen and oxygen atoms in total. The molecular weight excluding hydrogens is 338 g/mol. The van der Waals surface area contributed by atoms with Gasteiger partial charge in [-0.15, -0.1) is 0 Å². The monoisotopic (exact) mass is 361 g/mol. The third-order valence-electron chi connectivity index (χ3n) is 4.06. The molecule has 0 unspecified atom stereocenters. The van der Waals surface area contributed by atoms with Gasteiger partial charge in [0.15, 0.2) is 0 Å². The van der Waals surface area contributed by atoms with E-state index in [1.807, 2.05) is 37.3 Å². The second-order valence-corrected chi connectivity index (χ2v) is 6.27. The SMILES string of the molecule is Cc1cc(C(=O)NCc2ccncc2)nc(NCCCc2ccccc2)n1. The first kappa shape index (κ1) is 18.5. The predicted molar refractivity (Wildman–Crippen MR) is 105 cm³/mol. The zero-order valence-corrected chi connectivity index (χ0v) is 15.4. The molecule has 2 heterocycles. The highest BCUT2D eigenvalue weighted by Crippen LogP contribution is 2.07. The molecule has 0 aliphatic rings. The number of amides is 1. The summed E-state index contributed by atoms with van der Waals surface area (Å²) in [5.41, 5.74) is 3.41. The number of carbonyl (C=O) groups excluding carboxylic acids is 1. The van der Waals surface area contributed by atoms with Gasteiger partial charge >= 0.3 is 0 Å². The van der Waals surface area contributed by atoms with Crippen molar-refractivity contribution in [3.63, 3.8) is 0 Å². The first-order chi connectivity index (χ1) is 13.2. The van der Waals surface area contributed by atoms with Gasteiger partial charge in [0, 0.05) is 31.2 Å². The molecule has 138 valence electrons. The highest BCUT2D eigenvalue weighted by Gasteiger charge is 2.10. The third-order valence-corrected chi connectivity index (χ3v) is 4.06. The van der Waals surface area contributed by atoms with Gasteiger partial charge in [-0.2, -0.15) is 0 Å². The van der Waals surface area contributed by atoms with Crippen LogP contribution in [0.3, 0.4) is 0 Å². The van der Waals surface area contributed by atoms with Crippen molar-refractivity contribution in [2.45, 2.75) is 26.3 Å². The molecule has 0 saturated heterocycles. The van der Waals surface area contributed by atoms with Crippen LogP contribution >= 0.6 is 0 Å². The molecule has 0 fully saturated rings. The number of nitrogens with one attached hydrogen (secondary N) is 2. The minimum atomic E-state index is -0.218. The van der Waals surface area contributed by atoms with Crippen LogP contribution in [0.25, 0.3) is 0 Å². The molecule has 1 aromatic carbocycles. The lowest BCUT2D eigenvalue weighted by atomic mass is 10.1. The number of anilines is 1. The third kappa shape index (κ3) is 5.88. The van der Waals surface area contributed by atoms with Crippen LogP contribution in [-0.4, -0.2) is 27.4 Å². The number of carbonyl (C=O) groups is 1. The molecule has 0 saturated carbocycles. The Morgan fingerprint density at radius 3 is 2.56 bits per heavy atom. The standard InChI is InChI=1S/C21H23N5O/c1-16-14-19(20(27)24-15-18-9-12-22-13-10-18)26-21(25-16)23-11-5-8-17-6-3-2-4-7-17/h2-4,6-7,9-10,12-14H,5,8,11,15H2,1H3,(H,24,27)(H,23,25,26). The largest absolute Gasteiger partial charge is 0.354 e. The van der Waals surface area contributed by atoms with Crippen LogP contribution in [-0.2, 0) is 13.0 Å². The molecule has 0 aliphatic heterocycles. The first-order valence-corrected chi connectivity index (χ1v) is 9.01. The van der Waals surface area contributed by atoms with Crippen molar-refractivity contribution in [3.05, 3.63) is 83.4 Å². The molecule has 3 rings (SSSR count). The molecule has 0 bridgehead atoms. The average Bonchev–Trinajstić information content (AvgIpc) is 2.70. The van der Waals surface area contributed by atoms with Crippen LogP contribution in [0, 0.1) is 6.92 Å². The topological polar surface area (TPSA) is 79.8 Å². The fraction of sp³-hybridized carbons (Fsp3) is 0.238. The maximum Gasteiger partial charge on any atom is 0.270 e. The van der Waals surface area contributed by atoms with Gasteiger partial charge in [-0.1, -0.05) is 30.3 Å². The summed E-state index contributed by atoms with van der Waals surface area (Å²) < 4.78 is 0. The summed E-state index contributed by atoms with van der Waals surface area (Å²) >= 11 is 0. The number of benzene rings is 1. The zero-order chi connectivity index (χ0) is 18.9. The Balaban J connectivity index is 1.52. The van der Waals surface area contributed by atoms with Gasteiger partial charge in [0.2, 0.25) is 5.95 Å². The van der Waals surface area contributed by atoms with Gasteiger partial charge in [-0.05, 0) is 49.1 Å². The Hall–Kier alpha value is -3.28. The maximum absolute atomic E-state index is 12.4. The summed E-state index contributed by atoms with van der Waals surface area (Å²) in [5.74, 6) is 0.266. The number of aryl methyl sites for hydroxylation is 2. The fourth-order valence-corrected chi connectivity index (χ4v) is 2.67. The molecule has 1 amide bonds. The van der Waals surface area contributed by atoms with Gasteiger partial charge in [0.25, 0.3) is 5.91 Å². The van der Waals surface area contributed by atoms with Gasteiger partial charge < -0.3 is 10.6 Å². The van der Waals surface area contributed by atoms with E-state index in [-0.39, 0.29) is 5.91 Å². The highest BCUT2D eigenvalue weighted by molar-refractivity contribution is 5.92. The van der Waals surface area contributed by atoms with Gasteiger partial charge in [-0.25, -0.2) is 9.97 Å². The Labute approximate surface area is 159 Å². The lowest BCUT2D eigenvalue weighted by molar-refractivity contribution is 0.0945. The normalized spacial score (nSPS) is 10.4. The molecule has 3 aromatic rings. The maximum atomic E-state index is 12.4. The Kier molecular flexibility index (Phi) is 6.46. The summed E-state index contributed by atoms with van der Waals surface area (Å²) in [6.07, 6.45) is 5.35. The van der Waals surface area contributed by atoms with Gasteiger partial charge in [0.05, 0.1) is 0 Å². The number of hydrogen-bond donors (Lipinski definition) is 2. The first-order valence-electron chi connectivity index (χ1n) is 9.01. The lowest BCUT2D eigenvalue weighted by Crippen LogP contribution is -2.24. The predicted octanol–water partition coefficient (Wildman–Crippen LogP) is 3.15. The van der Waals surface area contributed by atoms with Crippen LogP contribution in [0.5, 0.6) is 0 Å². The Bertz CT molecular complexity index is 868. The van der Waals surface area contributed by atoms with Crippen LogP contribution in [0.1, 0.15) is 33.7 Å². The van der Waals surface area contributed by atoms with Crippen LogP contribution < -0.4 is 10.6 Å². The fourth-order valence-electron chi connectivity index (χ4n) is 2.67. The van der Waals surface area contributed by atoms with Crippen molar-refractivity contribution in [1.82, 2.24) is 20.3 Å². The van der Waals surface area contributed by atoms with Crippen molar-refractivity contribution >= 4 is 11.9 Å². The molecule has 2 N–H and O–H groups in total. The van der Waals surface area contributed by atoms with E-state index in [1.165, 1.54) is 5.56 Å². The van der Waals surface area contributed by atoms with Crippen LogP contribution in [0.4, 0.5) is 5.95 Å². The summed E-state index contributed by atoms with van der Waals surface area (Å²) in [6.45, 7) is 3.04. The minimum absolute atomic E-state index is 0.218. The van der Waals surface area contributed by atoms with Crippen molar-refractivity contribution in [1.29, 1.82) is 0 Å². The number of nitrogens with zero attached hydrogens (tertiary/aromatic N) is 3. The van der Waals surface area contributed by atoms with E-state index in [1.54, 1.807) is 18.5 Å². The second-order valence-electron chi connectivity index (χ2n) is 6.27. The lowest BCUT2D eigenvalue weighted by Gasteiger charge is -2.09. The molecule has 0 aliphatic carbocycles. The zero-order valence-electron chi connectivity index (χ0n) is 15.4. The average molecular weight is 361 g/mol. The smallest absolute Gasteiger partial charge is 0.270 e. The highest BCUT2D eigenvalue weighted by atomic mass is 16.1. The number of aromatic nitrogens is 3.